The molecule has 2 aromatic heterocycles. The third-order valence-corrected chi connectivity index (χ3v) is 3.07. The number of hydrogen-bond acceptors (Lipinski definition) is 6. The molecule has 0 spiro atoms. The van der Waals surface area contributed by atoms with Crippen molar-refractivity contribution in [3.05, 3.63) is 18.2 Å². The van der Waals surface area contributed by atoms with Crippen molar-refractivity contribution < 1.29 is 4.74 Å². The molecule has 1 atom stereocenters. The zero-order chi connectivity index (χ0) is 14.3. The molecule has 0 radical (unpaired) electrons. The minimum absolute atomic E-state index is 0.0249. The number of amidine groups is 1. The van der Waals surface area contributed by atoms with Gasteiger partial charge in [-0.2, -0.15) is 0 Å². The van der Waals surface area contributed by atoms with Crippen molar-refractivity contribution in [2.24, 2.45) is 19.1 Å². The molecule has 8 nitrogen and oxygen atoms in total. The van der Waals surface area contributed by atoms with Crippen molar-refractivity contribution >= 4 is 17.3 Å². The summed E-state index contributed by atoms with van der Waals surface area (Å²) in [7, 11) is 5.37. The third-order valence-electron chi connectivity index (χ3n) is 3.07. The Bertz CT molecular complexity index is 669. The first kappa shape index (κ1) is 12.5. The monoisotopic (exact) mass is 275 g/mol. The first-order chi connectivity index (χ1) is 9.58. The van der Waals surface area contributed by atoms with Gasteiger partial charge in [-0.25, -0.2) is 9.98 Å². The number of ether oxygens (including phenoxy) is 1. The van der Waals surface area contributed by atoms with E-state index in [0.29, 0.717) is 11.7 Å². The van der Waals surface area contributed by atoms with E-state index in [1.165, 1.54) is 0 Å². The van der Waals surface area contributed by atoms with Crippen LogP contribution >= 0.6 is 0 Å². The third kappa shape index (κ3) is 1.98. The Balaban J connectivity index is 1.97. The molecular weight excluding hydrogens is 258 g/mol. The molecule has 1 unspecified atom stereocenters. The van der Waals surface area contributed by atoms with E-state index in [9.17, 15) is 0 Å². The molecule has 1 aliphatic heterocycles. The Morgan fingerprint density at radius 3 is 2.95 bits per heavy atom. The standard InChI is InChI=1S/C12H17N7O/c1-7-14-10(9-11(15-7)18(2)6-13-9)16-8-5-19(3)17-12(8)20-4/h5-7,15H,1-4H3,(H,14,16). The normalized spacial score (nSPS) is 17.2. The highest BCUT2D eigenvalue weighted by Crippen LogP contribution is 2.25. The maximum atomic E-state index is 5.24. The second kappa shape index (κ2) is 4.55. The molecule has 1 aliphatic rings. The van der Waals surface area contributed by atoms with Crippen LogP contribution in [0.2, 0.25) is 0 Å². The summed E-state index contributed by atoms with van der Waals surface area (Å²) in [6, 6.07) is 0. The molecule has 0 fully saturated rings. The lowest BCUT2D eigenvalue weighted by atomic mass is 10.3. The summed E-state index contributed by atoms with van der Waals surface area (Å²) >= 11 is 0. The molecule has 2 N–H and O–H groups in total. The summed E-state index contributed by atoms with van der Waals surface area (Å²) in [6.45, 7) is 1.98. The van der Waals surface area contributed by atoms with Crippen molar-refractivity contribution in [3.63, 3.8) is 0 Å². The average Bonchev–Trinajstić information content (AvgIpc) is 2.94. The minimum Gasteiger partial charge on any atom is -0.478 e. The van der Waals surface area contributed by atoms with Crippen molar-refractivity contribution in [3.8, 4) is 5.88 Å². The van der Waals surface area contributed by atoms with E-state index in [4.69, 9.17) is 4.74 Å². The van der Waals surface area contributed by atoms with Gasteiger partial charge in [-0.15, -0.1) is 5.10 Å². The van der Waals surface area contributed by atoms with Gasteiger partial charge in [0, 0.05) is 14.1 Å². The van der Waals surface area contributed by atoms with Crippen molar-refractivity contribution in [2.45, 2.75) is 13.1 Å². The zero-order valence-electron chi connectivity index (χ0n) is 11.9. The predicted molar refractivity (Wildman–Crippen MR) is 76.2 cm³/mol. The molecule has 0 amide bonds. The first-order valence-corrected chi connectivity index (χ1v) is 6.29. The lowest BCUT2D eigenvalue weighted by Gasteiger charge is -2.21. The summed E-state index contributed by atoms with van der Waals surface area (Å²) in [5.41, 5.74) is 1.55. The summed E-state index contributed by atoms with van der Waals surface area (Å²) in [5.74, 6) is 2.18. The lowest BCUT2D eigenvalue weighted by molar-refractivity contribution is 0.393. The van der Waals surface area contributed by atoms with Gasteiger partial charge in [0.2, 0.25) is 0 Å². The van der Waals surface area contributed by atoms with E-state index in [-0.39, 0.29) is 6.17 Å². The van der Waals surface area contributed by atoms with Crippen molar-refractivity contribution in [1.82, 2.24) is 19.3 Å². The van der Waals surface area contributed by atoms with Gasteiger partial charge in [0.15, 0.2) is 5.84 Å². The van der Waals surface area contributed by atoms with Crippen molar-refractivity contribution in [1.29, 1.82) is 0 Å². The Kier molecular flexibility index (Phi) is 2.85. The molecule has 0 saturated carbocycles. The summed E-state index contributed by atoms with van der Waals surface area (Å²) < 4.78 is 8.86. The minimum atomic E-state index is -0.0249. The van der Waals surface area contributed by atoms with Gasteiger partial charge in [0.25, 0.3) is 5.88 Å². The number of nitrogens with zero attached hydrogens (tertiary/aromatic N) is 5. The van der Waals surface area contributed by atoms with Crippen LogP contribution in [0.5, 0.6) is 5.88 Å². The van der Waals surface area contributed by atoms with Crippen LogP contribution in [0, 0.1) is 0 Å². The number of methoxy groups -OCH3 is 1. The number of nitrogens with one attached hydrogen (secondary N) is 2. The Hall–Kier alpha value is -2.51. The number of aryl methyl sites for hydroxylation is 2. The summed E-state index contributed by atoms with van der Waals surface area (Å²) in [5, 5.41) is 10.7. The summed E-state index contributed by atoms with van der Waals surface area (Å²) in [6.07, 6.45) is 3.58. The van der Waals surface area contributed by atoms with E-state index in [1.807, 2.05) is 31.8 Å². The van der Waals surface area contributed by atoms with Crippen LogP contribution in [0.1, 0.15) is 12.6 Å². The van der Waals surface area contributed by atoms with Crippen LogP contribution in [-0.4, -0.2) is 38.4 Å². The molecule has 106 valence electrons. The molecule has 2 aromatic rings. The molecule has 3 heterocycles. The van der Waals surface area contributed by atoms with Crippen LogP contribution in [-0.2, 0) is 14.1 Å². The van der Waals surface area contributed by atoms with Gasteiger partial charge in [-0.1, -0.05) is 0 Å². The molecule has 0 bridgehead atoms. The fourth-order valence-electron chi connectivity index (χ4n) is 2.18. The maximum absolute atomic E-state index is 5.24. The second-order valence-corrected chi connectivity index (χ2v) is 4.70. The highest BCUT2D eigenvalue weighted by Gasteiger charge is 2.23. The Morgan fingerprint density at radius 1 is 1.40 bits per heavy atom. The van der Waals surface area contributed by atoms with E-state index in [0.717, 1.165) is 17.2 Å². The number of imidazole rings is 1. The summed E-state index contributed by atoms with van der Waals surface area (Å²) in [4.78, 5) is 8.91. The smallest absolute Gasteiger partial charge is 0.256 e. The molecule has 0 saturated heterocycles. The van der Waals surface area contributed by atoms with Gasteiger partial charge in [-0.05, 0) is 6.92 Å². The fraction of sp³-hybridized carbons (Fsp3) is 0.417. The predicted octanol–water partition coefficient (Wildman–Crippen LogP) is 0.792. The molecule has 20 heavy (non-hydrogen) atoms. The quantitative estimate of drug-likeness (QED) is 0.847. The molecule has 0 aromatic carbocycles. The number of aromatic nitrogens is 4. The topological polar surface area (TPSA) is 81.3 Å². The number of aliphatic imine (C=N–C) groups is 1. The molecule has 3 rings (SSSR count). The van der Waals surface area contributed by atoms with Gasteiger partial charge >= 0.3 is 0 Å². The van der Waals surface area contributed by atoms with Crippen LogP contribution in [0.4, 0.5) is 11.5 Å². The number of anilines is 2. The largest absolute Gasteiger partial charge is 0.478 e. The van der Waals surface area contributed by atoms with Gasteiger partial charge in [0.05, 0.1) is 19.6 Å². The number of hydrogen-bond donors (Lipinski definition) is 2. The lowest BCUT2D eigenvalue weighted by Crippen LogP contribution is -2.28. The Morgan fingerprint density at radius 2 is 2.20 bits per heavy atom. The van der Waals surface area contributed by atoms with Crippen molar-refractivity contribution in [2.75, 3.05) is 17.7 Å². The second-order valence-electron chi connectivity index (χ2n) is 4.70. The molecule has 8 heteroatoms. The number of fused-ring (bicyclic) bond motifs is 1. The fourth-order valence-corrected chi connectivity index (χ4v) is 2.18. The van der Waals surface area contributed by atoms with Crippen LogP contribution < -0.4 is 15.4 Å². The van der Waals surface area contributed by atoms with E-state index >= 15 is 0 Å². The van der Waals surface area contributed by atoms with E-state index in [2.05, 4.69) is 25.7 Å². The maximum Gasteiger partial charge on any atom is 0.256 e. The Labute approximate surface area is 116 Å². The number of rotatable bonds is 2. The van der Waals surface area contributed by atoms with Crippen LogP contribution in [0.15, 0.2) is 17.5 Å². The van der Waals surface area contributed by atoms with Gasteiger partial charge in [0.1, 0.15) is 23.4 Å². The van der Waals surface area contributed by atoms with Crippen LogP contribution in [0.25, 0.3) is 0 Å². The first-order valence-electron chi connectivity index (χ1n) is 6.29. The molecular formula is C12H17N7O. The molecule has 0 aliphatic carbocycles. The van der Waals surface area contributed by atoms with Crippen LogP contribution in [0.3, 0.4) is 0 Å². The highest BCUT2D eigenvalue weighted by molar-refractivity contribution is 6.11. The zero-order valence-corrected chi connectivity index (χ0v) is 11.9. The van der Waals surface area contributed by atoms with Gasteiger partial charge < -0.3 is 19.9 Å². The van der Waals surface area contributed by atoms with E-state index in [1.54, 1.807) is 18.1 Å². The van der Waals surface area contributed by atoms with Gasteiger partial charge in [-0.3, -0.25) is 4.68 Å². The SMILES string of the molecule is COc1nn(C)cc1NC1=NC(C)Nc2c1ncn2C. The van der Waals surface area contributed by atoms with E-state index < -0.39 is 0 Å². The average molecular weight is 275 g/mol. The highest BCUT2D eigenvalue weighted by atomic mass is 16.5.